The Hall–Kier alpha value is -1.68. The molecule has 1 unspecified atom stereocenters. The van der Waals surface area contributed by atoms with Crippen molar-refractivity contribution in [3.63, 3.8) is 0 Å². The van der Waals surface area contributed by atoms with Crippen LogP contribution in [0.4, 0.5) is 0 Å². The van der Waals surface area contributed by atoms with E-state index >= 15 is 0 Å². The van der Waals surface area contributed by atoms with Crippen molar-refractivity contribution < 1.29 is 5.11 Å². The number of aliphatic hydroxyl groups is 1. The van der Waals surface area contributed by atoms with Gasteiger partial charge in [0.2, 0.25) is 0 Å². The molecule has 0 aliphatic carbocycles. The molecule has 0 spiro atoms. The van der Waals surface area contributed by atoms with Crippen LogP contribution in [0.3, 0.4) is 0 Å². The highest BCUT2D eigenvalue weighted by atomic mass is 16.3. The highest BCUT2D eigenvalue weighted by Gasteiger charge is 2.11. The third kappa shape index (κ3) is 2.46. The van der Waals surface area contributed by atoms with Crippen molar-refractivity contribution >= 4 is 0 Å². The van der Waals surface area contributed by atoms with Crippen LogP contribution in [0.2, 0.25) is 0 Å². The highest BCUT2D eigenvalue weighted by molar-refractivity contribution is 5.09. The maximum absolute atomic E-state index is 9.95. The average Bonchev–Trinajstić information content (AvgIpc) is 2.74. The summed E-state index contributed by atoms with van der Waals surface area (Å²) in [5.74, 6) is 0.712. The van der Waals surface area contributed by atoms with Crippen LogP contribution in [-0.4, -0.2) is 19.6 Å². The summed E-state index contributed by atoms with van der Waals surface area (Å²) in [4.78, 5) is 8.17. The first kappa shape index (κ1) is 10.8. The molecule has 0 amide bonds. The number of imidazole rings is 1. The summed E-state index contributed by atoms with van der Waals surface area (Å²) in [5, 5.41) is 9.95. The second kappa shape index (κ2) is 4.90. The summed E-state index contributed by atoms with van der Waals surface area (Å²) in [5.41, 5.74) is 1.13. The Morgan fingerprint density at radius 1 is 1.44 bits per heavy atom. The maximum Gasteiger partial charge on any atom is 0.137 e. The summed E-state index contributed by atoms with van der Waals surface area (Å²) in [7, 11) is 1.88. The van der Waals surface area contributed by atoms with Crippen LogP contribution in [0.25, 0.3) is 0 Å². The second-order valence-corrected chi connectivity index (χ2v) is 3.81. The number of hydrogen-bond acceptors (Lipinski definition) is 3. The fourth-order valence-electron chi connectivity index (χ4n) is 1.68. The van der Waals surface area contributed by atoms with E-state index in [1.54, 1.807) is 12.4 Å². The van der Waals surface area contributed by atoms with Crippen LogP contribution in [0, 0.1) is 0 Å². The molecule has 2 heterocycles. The third-order valence-electron chi connectivity index (χ3n) is 2.59. The van der Waals surface area contributed by atoms with Gasteiger partial charge in [0.15, 0.2) is 0 Å². The zero-order chi connectivity index (χ0) is 11.4. The van der Waals surface area contributed by atoms with E-state index in [1.165, 1.54) is 0 Å². The number of aliphatic hydroxyl groups excluding tert-OH is 1. The second-order valence-electron chi connectivity index (χ2n) is 3.81. The largest absolute Gasteiger partial charge is 0.385 e. The minimum Gasteiger partial charge on any atom is -0.385 e. The molecule has 0 saturated heterocycles. The standard InChI is InChI=1S/C12H15N3O/c1-15-8-7-14-12(15)11(16)5-4-10-3-2-6-13-9-10/h2-3,6-9,11,16H,4-5H2,1H3. The maximum atomic E-state index is 9.95. The molecule has 0 bridgehead atoms. The molecule has 84 valence electrons. The van der Waals surface area contributed by atoms with E-state index in [9.17, 15) is 5.11 Å². The van der Waals surface area contributed by atoms with Gasteiger partial charge in [-0.25, -0.2) is 4.98 Å². The molecule has 2 aromatic heterocycles. The van der Waals surface area contributed by atoms with E-state index in [4.69, 9.17) is 0 Å². The molecule has 0 aliphatic heterocycles. The number of nitrogens with zero attached hydrogens (tertiary/aromatic N) is 3. The van der Waals surface area contributed by atoms with Crippen LogP contribution < -0.4 is 0 Å². The molecule has 0 fully saturated rings. The number of hydrogen-bond donors (Lipinski definition) is 1. The first-order valence-electron chi connectivity index (χ1n) is 5.31. The van der Waals surface area contributed by atoms with Gasteiger partial charge in [0.1, 0.15) is 11.9 Å². The molecule has 1 N–H and O–H groups in total. The lowest BCUT2D eigenvalue weighted by Gasteiger charge is -2.10. The highest BCUT2D eigenvalue weighted by Crippen LogP contribution is 2.16. The number of aryl methyl sites for hydroxylation is 2. The molecule has 16 heavy (non-hydrogen) atoms. The van der Waals surface area contributed by atoms with E-state index in [-0.39, 0.29) is 0 Å². The summed E-state index contributed by atoms with van der Waals surface area (Å²) < 4.78 is 1.84. The van der Waals surface area contributed by atoms with Crippen molar-refractivity contribution in [2.75, 3.05) is 0 Å². The van der Waals surface area contributed by atoms with Crippen molar-refractivity contribution in [1.82, 2.24) is 14.5 Å². The van der Waals surface area contributed by atoms with Crippen molar-refractivity contribution in [3.8, 4) is 0 Å². The smallest absolute Gasteiger partial charge is 0.137 e. The van der Waals surface area contributed by atoms with Gasteiger partial charge in [-0.15, -0.1) is 0 Å². The van der Waals surface area contributed by atoms with Crippen LogP contribution >= 0.6 is 0 Å². The Morgan fingerprint density at radius 2 is 2.31 bits per heavy atom. The van der Waals surface area contributed by atoms with Crippen LogP contribution in [-0.2, 0) is 13.5 Å². The van der Waals surface area contributed by atoms with Gasteiger partial charge in [-0.05, 0) is 24.5 Å². The normalized spacial score (nSPS) is 12.6. The first-order valence-corrected chi connectivity index (χ1v) is 5.31. The van der Waals surface area contributed by atoms with Crippen LogP contribution in [0.5, 0.6) is 0 Å². The molecule has 4 heteroatoms. The predicted octanol–water partition coefficient (Wildman–Crippen LogP) is 1.48. The third-order valence-corrected chi connectivity index (χ3v) is 2.59. The topological polar surface area (TPSA) is 50.9 Å². The van der Waals surface area contributed by atoms with Crippen molar-refractivity contribution in [1.29, 1.82) is 0 Å². The molecule has 0 aromatic carbocycles. The van der Waals surface area contributed by atoms with Crippen LogP contribution in [0.1, 0.15) is 23.9 Å². The monoisotopic (exact) mass is 217 g/mol. The van der Waals surface area contributed by atoms with Gasteiger partial charge in [0, 0.05) is 31.8 Å². The number of aromatic nitrogens is 3. The lowest BCUT2D eigenvalue weighted by molar-refractivity contribution is 0.154. The fourth-order valence-corrected chi connectivity index (χ4v) is 1.68. The minimum atomic E-state index is -0.514. The van der Waals surface area contributed by atoms with E-state index in [1.807, 2.05) is 36.1 Å². The summed E-state index contributed by atoms with van der Waals surface area (Å²) in [6.45, 7) is 0. The van der Waals surface area contributed by atoms with Crippen LogP contribution in [0.15, 0.2) is 36.9 Å². The van der Waals surface area contributed by atoms with E-state index in [0.717, 1.165) is 12.0 Å². The molecule has 2 rings (SSSR count). The number of rotatable bonds is 4. The molecular formula is C12H15N3O. The van der Waals surface area contributed by atoms with Crippen molar-refractivity contribution in [3.05, 3.63) is 48.3 Å². The molecular weight excluding hydrogens is 202 g/mol. The predicted molar refractivity (Wildman–Crippen MR) is 60.7 cm³/mol. The molecule has 1 atom stereocenters. The Kier molecular flexibility index (Phi) is 3.31. The first-order chi connectivity index (χ1) is 7.77. The van der Waals surface area contributed by atoms with Gasteiger partial charge in [-0.2, -0.15) is 0 Å². The molecule has 2 aromatic rings. The Labute approximate surface area is 94.6 Å². The van der Waals surface area contributed by atoms with Crippen molar-refractivity contribution in [2.24, 2.45) is 7.05 Å². The summed E-state index contributed by atoms with van der Waals surface area (Å²) in [6.07, 6.45) is 8.06. The van der Waals surface area contributed by atoms with Gasteiger partial charge in [0.25, 0.3) is 0 Å². The minimum absolute atomic E-state index is 0.514. The van der Waals surface area contributed by atoms with E-state index in [2.05, 4.69) is 9.97 Å². The molecule has 0 saturated carbocycles. The molecule has 0 radical (unpaired) electrons. The van der Waals surface area contributed by atoms with E-state index < -0.39 is 6.10 Å². The zero-order valence-electron chi connectivity index (χ0n) is 9.24. The lowest BCUT2D eigenvalue weighted by atomic mass is 10.1. The van der Waals surface area contributed by atoms with E-state index in [0.29, 0.717) is 12.2 Å². The van der Waals surface area contributed by atoms with Gasteiger partial charge < -0.3 is 9.67 Å². The summed E-state index contributed by atoms with van der Waals surface area (Å²) in [6, 6.07) is 3.92. The van der Waals surface area contributed by atoms with Gasteiger partial charge >= 0.3 is 0 Å². The molecule has 0 aliphatic rings. The molecule has 4 nitrogen and oxygen atoms in total. The summed E-state index contributed by atoms with van der Waals surface area (Å²) >= 11 is 0. The average molecular weight is 217 g/mol. The fraction of sp³-hybridized carbons (Fsp3) is 0.333. The SMILES string of the molecule is Cn1ccnc1C(O)CCc1cccnc1. The Bertz CT molecular complexity index is 439. The van der Waals surface area contributed by atoms with Gasteiger partial charge in [-0.3, -0.25) is 4.98 Å². The van der Waals surface area contributed by atoms with Gasteiger partial charge in [0.05, 0.1) is 0 Å². The quantitative estimate of drug-likeness (QED) is 0.844. The lowest BCUT2D eigenvalue weighted by Crippen LogP contribution is -2.06. The Morgan fingerprint density at radius 3 is 2.94 bits per heavy atom. The number of pyridine rings is 1. The zero-order valence-corrected chi connectivity index (χ0v) is 9.24. The Balaban J connectivity index is 1.94. The van der Waals surface area contributed by atoms with Crippen molar-refractivity contribution in [2.45, 2.75) is 18.9 Å². The van der Waals surface area contributed by atoms with Gasteiger partial charge in [-0.1, -0.05) is 6.07 Å².